The molecule has 1 aromatic rings. The molecule has 2 N–H and O–H groups in total. The minimum absolute atomic E-state index is 0.261. The van der Waals surface area contributed by atoms with E-state index in [-0.39, 0.29) is 6.10 Å². The van der Waals surface area contributed by atoms with Gasteiger partial charge < -0.3 is 14.8 Å². The summed E-state index contributed by atoms with van der Waals surface area (Å²) in [7, 11) is 1.64. The lowest BCUT2D eigenvalue weighted by atomic mass is 10.2. The number of nitrogens with zero attached hydrogens (tertiary/aromatic N) is 1. The van der Waals surface area contributed by atoms with Crippen molar-refractivity contribution in [2.45, 2.75) is 18.9 Å². The Labute approximate surface area is 124 Å². The molecule has 108 valence electrons. The summed E-state index contributed by atoms with van der Waals surface area (Å²) in [6.45, 7) is 1.57. The molecule has 1 fully saturated rings. The van der Waals surface area contributed by atoms with Gasteiger partial charge in [0, 0.05) is 13.2 Å². The fraction of sp³-hybridized carbons (Fsp3) is 0.429. The van der Waals surface area contributed by atoms with Crippen molar-refractivity contribution < 1.29 is 9.47 Å². The number of methoxy groups -OCH3 is 1. The molecule has 1 saturated heterocycles. The van der Waals surface area contributed by atoms with E-state index in [1.165, 1.54) is 0 Å². The zero-order valence-corrected chi connectivity index (χ0v) is 12.3. The highest BCUT2D eigenvalue weighted by molar-refractivity contribution is 7.80. The van der Waals surface area contributed by atoms with Crippen LogP contribution in [0, 0.1) is 0 Å². The lowest BCUT2D eigenvalue weighted by molar-refractivity contribution is 0.114. The Bertz CT molecular complexity index is 473. The second-order valence-electron chi connectivity index (χ2n) is 4.49. The molecule has 0 spiro atoms. The molecule has 0 aliphatic carbocycles. The number of rotatable bonds is 5. The second-order valence-corrected chi connectivity index (χ2v) is 4.90. The molecule has 0 amide bonds. The third-order valence-corrected chi connectivity index (χ3v) is 3.22. The maximum absolute atomic E-state index is 5.50. The molecule has 1 aliphatic heterocycles. The van der Waals surface area contributed by atoms with Crippen LogP contribution in [-0.4, -0.2) is 37.7 Å². The summed E-state index contributed by atoms with van der Waals surface area (Å²) in [5, 5.41) is 7.68. The van der Waals surface area contributed by atoms with Gasteiger partial charge in [0.25, 0.3) is 0 Å². The van der Waals surface area contributed by atoms with E-state index in [0.29, 0.717) is 5.11 Å². The average molecular weight is 293 g/mol. The van der Waals surface area contributed by atoms with Crippen molar-refractivity contribution in [1.29, 1.82) is 0 Å². The molecule has 0 aromatic heterocycles. The van der Waals surface area contributed by atoms with Gasteiger partial charge in [0.1, 0.15) is 5.75 Å². The Balaban J connectivity index is 1.72. The van der Waals surface area contributed by atoms with Gasteiger partial charge in [-0.3, -0.25) is 5.43 Å². The summed E-state index contributed by atoms with van der Waals surface area (Å²) in [4.78, 5) is 0. The van der Waals surface area contributed by atoms with E-state index >= 15 is 0 Å². The summed E-state index contributed by atoms with van der Waals surface area (Å²) in [5.74, 6) is 0.799. The van der Waals surface area contributed by atoms with Crippen molar-refractivity contribution in [3.8, 4) is 5.75 Å². The molecule has 2 rings (SSSR count). The Morgan fingerprint density at radius 2 is 2.50 bits per heavy atom. The van der Waals surface area contributed by atoms with Crippen molar-refractivity contribution in [1.82, 2.24) is 10.7 Å². The molecule has 1 heterocycles. The number of thiocarbonyl (C=S) groups is 1. The zero-order chi connectivity index (χ0) is 14.2. The van der Waals surface area contributed by atoms with E-state index in [1.54, 1.807) is 13.3 Å². The van der Waals surface area contributed by atoms with E-state index in [1.807, 2.05) is 24.3 Å². The number of ether oxygens (including phenoxy) is 2. The molecule has 1 aromatic carbocycles. The molecule has 5 nitrogen and oxygen atoms in total. The topological polar surface area (TPSA) is 54.9 Å². The van der Waals surface area contributed by atoms with E-state index in [0.717, 1.165) is 37.3 Å². The fourth-order valence-corrected chi connectivity index (χ4v) is 2.07. The molecule has 6 heteroatoms. The molecule has 20 heavy (non-hydrogen) atoms. The maximum atomic E-state index is 5.50. The normalized spacial score (nSPS) is 18.1. The molecular formula is C14H19N3O2S. The largest absolute Gasteiger partial charge is 0.497 e. The first-order chi connectivity index (χ1) is 9.78. The van der Waals surface area contributed by atoms with Crippen LogP contribution >= 0.6 is 12.2 Å². The van der Waals surface area contributed by atoms with E-state index in [2.05, 4.69) is 15.8 Å². The standard InChI is InChI=1S/C14H19N3O2S/c1-18-12-5-2-4-11(8-12)9-16-17-14(20)15-10-13-6-3-7-19-13/h2,4-5,8-9,13H,3,6-7,10H2,1H3,(H2,15,17,20). The molecular weight excluding hydrogens is 274 g/mol. The van der Waals surface area contributed by atoms with Crippen LogP contribution in [0.2, 0.25) is 0 Å². The van der Waals surface area contributed by atoms with E-state index in [4.69, 9.17) is 21.7 Å². The van der Waals surface area contributed by atoms with Crippen molar-refractivity contribution in [2.24, 2.45) is 5.10 Å². The van der Waals surface area contributed by atoms with Crippen LogP contribution in [0.5, 0.6) is 5.75 Å². The summed E-state index contributed by atoms with van der Waals surface area (Å²) in [5.41, 5.74) is 3.73. The van der Waals surface area contributed by atoms with Crippen LogP contribution in [0.1, 0.15) is 18.4 Å². The monoisotopic (exact) mass is 293 g/mol. The van der Waals surface area contributed by atoms with E-state index < -0.39 is 0 Å². The summed E-state index contributed by atoms with van der Waals surface area (Å²) < 4.78 is 10.6. The third-order valence-electron chi connectivity index (χ3n) is 2.99. The maximum Gasteiger partial charge on any atom is 0.187 e. The van der Waals surface area contributed by atoms with Gasteiger partial charge in [-0.2, -0.15) is 5.10 Å². The van der Waals surface area contributed by atoms with Gasteiger partial charge in [0.15, 0.2) is 5.11 Å². The highest BCUT2D eigenvalue weighted by Crippen LogP contribution is 2.11. The van der Waals surface area contributed by atoms with Gasteiger partial charge in [-0.1, -0.05) is 12.1 Å². The van der Waals surface area contributed by atoms with Gasteiger partial charge in [-0.25, -0.2) is 0 Å². The predicted molar refractivity (Wildman–Crippen MR) is 83.3 cm³/mol. The minimum atomic E-state index is 0.261. The summed E-state index contributed by atoms with van der Waals surface area (Å²) >= 11 is 5.14. The van der Waals surface area contributed by atoms with Crippen molar-refractivity contribution in [3.05, 3.63) is 29.8 Å². The molecule has 1 aliphatic rings. The van der Waals surface area contributed by atoms with E-state index in [9.17, 15) is 0 Å². The summed E-state index contributed by atoms with van der Waals surface area (Å²) in [6, 6.07) is 7.64. The van der Waals surface area contributed by atoms with Crippen molar-refractivity contribution in [2.75, 3.05) is 20.3 Å². The lowest BCUT2D eigenvalue weighted by Crippen LogP contribution is -2.37. The smallest absolute Gasteiger partial charge is 0.187 e. The number of hydrogen-bond acceptors (Lipinski definition) is 4. The van der Waals surface area contributed by atoms with Gasteiger partial charge in [0.2, 0.25) is 0 Å². The SMILES string of the molecule is COc1cccc(C=NNC(=S)NCC2CCCO2)c1. The number of benzene rings is 1. The third kappa shape index (κ3) is 4.79. The Morgan fingerprint density at radius 3 is 3.25 bits per heavy atom. The first-order valence-corrected chi connectivity index (χ1v) is 7.01. The van der Waals surface area contributed by atoms with Gasteiger partial charge in [-0.05, 0) is 42.8 Å². The molecule has 1 unspecified atom stereocenters. The van der Waals surface area contributed by atoms with Gasteiger partial charge in [0.05, 0.1) is 19.4 Å². The Kier molecular flexibility index (Phi) is 5.76. The number of hydrazone groups is 1. The van der Waals surface area contributed by atoms with Crippen molar-refractivity contribution in [3.63, 3.8) is 0 Å². The van der Waals surface area contributed by atoms with Crippen LogP contribution in [0.25, 0.3) is 0 Å². The number of nitrogens with one attached hydrogen (secondary N) is 2. The van der Waals surface area contributed by atoms with Crippen LogP contribution in [0.4, 0.5) is 0 Å². The highest BCUT2D eigenvalue weighted by atomic mass is 32.1. The molecule has 0 saturated carbocycles. The van der Waals surface area contributed by atoms with Crippen LogP contribution < -0.4 is 15.5 Å². The second kappa shape index (κ2) is 7.81. The molecule has 0 bridgehead atoms. The Morgan fingerprint density at radius 1 is 1.60 bits per heavy atom. The van der Waals surface area contributed by atoms with Gasteiger partial charge in [-0.15, -0.1) is 0 Å². The van der Waals surface area contributed by atoms with Crippen LogP contribution in [0.15, 0.2) is 29.4 Å². The van der Waals surface area contributed by atoms with Crippen LogP contribution in [0.3, 0.4) is 0 Å². The fourth-order valence-electron chi connectivity index (χ4n) is 1.94. The minimum Gasteiger partial charge on any atom is -0.497 e. The van der Waals surface area contributed by atoms with Crippen molar-refractivity contribution >= 4 is 23.5 Å². The quantitative estimate of drug-likeness (QED) is 0.491. The van der Waals surface area contributed by atoms with Crippen LogP contribution in [-0.2, 0) is 4.74 Å². The zero-order valence-electron chi connectivity index (χ0n) is 11.5. The molecule has 0 radical (unpaired) electrons. The first-order valence-electron chi connectivity index (χ1n) is 6.60. The highest BCUT2D eigenvalue weighted by Gasteiger charge is 2.14. The first kappa shape index (κ1) is 14.7. The average Bonchev–Trinajstić information content (AvgIpc) is 2.99. The number of hydrogen-bond donors (Lipinski definition) is 2. The van der Waals surface area contributed by atoms with Gasteiger partial charge >= 0.3 is 0 Å². The summed E-state index contributed by atoms with van der Waals surface area (Å²) in [6.07, 6.45) is 4.17. The lowest BCUT2D eigenvalue weighted by Gasteiger charge is -2.11. The predicted octanol–water partition coefficient (Wildman–Crippen LogP) is 1.67. The Hall–Kier alpha value is -1.66. The molecule has 1 atom stereocenters.